The van der Waals surface area contributed by atoms with Gasteiger partial charge in [-0.15, -0.1) is 0 Å². The van der Waals surface area contributed by atoms with Gasteiger partial charge in [0.25, 0.3) is 5.91 Å². The molecule has 1 atom stereocenters. The number of carbonyl (C=O) groups is 1. The molecule has 23 heavy (non-hydrogen) atoms. The summed E-state index contributed by atoms with van der Waals surface area (Å²) in [6, 6.07) is 10.3. The SMILES string of the molecule is COc1cc(C#N)ccc1OCC(=O)NC(C)c1cccnc1. The summed E-state index contributed by atoms with van der Waals surface area (Å²) in [7, 11) is 1.48. The Hall–Kier alpha value is -3.07. The summed E-state index contributed by atoms with van der Waals surface area (Å²) in [5.41, 5.74) is 1.38. The number of carbonyl (C=O) groups excluding carboxylic acids is 1. The van der Waals surface area contributed by atoms with E-state index in [-0.39, 0.29) is 18.6 Å². The smallest absolute Gasteiger partial charge is 0.258 e. The van der Waals surface area contributed by atoms with Crippen LogP contribution in [0.4, 0.5) is 0 Å². The van der Waals surface area contributed by atoms with E-state index in [2.05, 4.69) is 10.3 Å². The van der Waals surface area contributed by atoms with Gasteiger partial charge >= 0.3 is 0 Å². The van der Waals surface area contributed by atoms with Crippen LogP contribution in [-0.2, 0) is 4.79 Å². The van der Waals surface area contributed by atoms with Crippen LogP contribution in [0.2, 0.25) is 0 Å². The van der Waals surface area contributed by atoms with E-state index in [1.807, 2.05) is 25.1 Å². The Morgan fingerprint density at radius 2 is 2.22 bits per heavy atom. The van der Waals surface area contributed by atoms with Gasteiger partial charge < -0.3 is 14.8 Å². The lowest BCUT2D eigenvalue weighted by Crippen LogP contribution is -2.31. The van der Waals surface area contributed by atoms with Crippen molar-refractivity contribution in [3.05, 3.63) is 53.9 Å². The lowest BCUT2D eigenvalue weighted by molar-refractivity contribution is -0.123. The van der Waals surface area contributed by atoms with Crippen molar-refractivity contribution in [2.45, 2.75) is 13.0 Å². The van der Waals surface area contributed by atoms with Crippen molar-refractivity contribution in [3.8, 4) is 17.6 Å². The average Bonchev–Trinajstić information content (AvgIpc) is 2.60. The van der Waals surface area contributed by atoms with Gasteiger partial charge in [-0.2, -0.15) is 5.26 Å². The number of rotatable bonds is 6. The maximum absolute atomic E-state index is 12.0. The summed E-state index contributed by atoms with van der Waals surface area (Å²) in [6.45, 7) is 1.73. The van der Waals surface area contributed by atoms with E-state index in [1.165, 1.54) is 7.11 Å². The number of hydrogen-bond acceptors (Lipinski definition) is 5. The quantitative estimate of drug-likeness (QED) is 0.884. The van der Waals surface area contributed by atoms with Gasteiger partial charge in [-0.05, 0) is 30.7 Å². The van der Waals surface area contributed by atoms with Crippen LogP contribution >= 0.6 is 0 Å². The zero-order valence-corrected chi connectivity index (χ0v) is 12.9. The topological polar surface area (TPSA) is 84.2 Å². The molecule has 1 N–H and O–H groups in total. The molecular formula is C17H17N3O3. The number of amides is 1. The predicted molar refractivity (Wildman–Crippen MR) is 84.0 cm³/mol. The largest absolute Gasteiger partial charge is 0.493 e. The van der Waals surface area contributed by atoms with Gasteiger partial charge in [0.15, 0.2) is 18.1 Å². The molecule has 1 unspecified atom stereocenters. The fourth-order valence-corrected chi connectivity index (χ4v) is 2.00. The number of benzene rings is 1. The summed E-state index contributed by atoms with van der Waals surface area (Å²) >= 11 is 0. The number of nitriles is 1. The van der Waals surface area contributed by atoms with Crippen LogP contribution in [0, 0.1) is 11.3 Å². The van der Waals surface area contributed by atoms with Crippen molar-refractivity contribution in [1.82, 2.24) is 10.3 Å². The normalized spacial score (nSPS) is 11.2. The Balaban J connectivity index is 1.93. The fourth-order valence-electron chi connectivity index (χ4n) is 2.00. The van der Waals surface area contributed by atoms with E-state index in [0.29, 0.717) is 17.1 Å². The van der Waals surface area contributed by atoms with Gasteiger partial charge in [-0.25, -0.2) is 0 Å². The molecule has 0 aliphatic heterocycles. The second-order valence-electron chi connectivity index (χ2n) is 4.84. The molecule has 6 nitrogen and oxygen atoms in total. The van der Waals surface area contributed by atoms with Crippen molar-refractivity contribution < 1.29 is 14.3 Å². The molecule has 0 bridgehead atoms. The van der Waals surface area contributed by atoms with Crippen LogP contribution in [0.1, 0.15) is 24.1 Å². The van der Waals surface area contributed by atoms with Crippen molar-refractivity contribution >= 4 is 5.91 Å². The van der Waals surface area contributed by atoms with Crippen LogP contribution in [0.25, 0.3) is 0 Å². The van der Waals surface area contributed by atoms with Gasteiger partial charge in [-0.3, -0.25) is 9.78 Å². The molecule has 0 fully saturated rings. The van der Waals surface area contributed by atoms with Crippen molar-refractivity contribution in [3.63, 3.8) is 0 Å². The predicted octanol–water partition coefficient (Wildman–Crippen LogP) is 2.22. The highest BCUT2D eigenvalue weighted by molar-refractivity contribution is 5.78. The summed E-state index contributed by atoms with van der Waals surface area (Å²) < 4.78 is 10.6. The van der Waals surface area contributed by atoms with Crippen LogP contribution in [0.5, 0.6) is 11.5 Å². The van der Waals surface area contributed by atoms with Crippen LogP contribution in [0.15, 0.2) is 42.7 Å². The molecule has 2 rings (SSSR count). The molecule has 0 spiro atoms. The third-order valence-electron chi connectivity index (χ3n) is 3.21. The molecule has 1 aromatic carbocycles. The minimum Gasteiger partial charge on any atom is -0.493 e. The van der Waals surface area contributed by atoms with Crippen LogP contribution in [-0.4, -0.2) is 24.6 Å². The Labute approximate surface area is 134 Å². The molecule has 0 aliphatic rings. The second-order valence-corrected chi connectivity index (χ2v) is 4.84. The summed E-state index contributed by atoms with van der Waals surface area (Å²) in [5, 5.41) is 11.7. The Bertz CT molecular complexity index is 711. The maximum atomic E-state index is 12.0. The van der Waals surface area contributed by atoms with E-state index in [0.717, 1.165) is 5.56 Å². The van der Waals surface area contributed by atoms with Gasteiger partial charge in [0, 0.05) is 18.5 Å². The van der Waals surface area contributed by atoms with Crippen molar-refractivity contribution in [1.29, 1.82) is 5.26 Å². The minimum absolute atomic E-state index is 0.146. The van der Waals surface area contributed by atoms with E-state index in [4.69, 9.17) is 14.7 Å². The van der Waals surface area contributed by atoms with Gasteiger partial charge in [0.1, 0.15) is 0 Å². The standard InChI is InChI=1S/C17H17N3O3/c1-12(14-4-3-7-19-10-14)20-17(21)11-23-15-6-5-13(9-18)8-16(15)22-2/h3-8,10,12H,11H2,1-2H3,(H,20,21). The van der Waals surface area contributed by atoms with Gasteiger partial charge in [-0.1, -0.05) is 6.07 Å². The van der Waals surface area contributed by atoms with Crippen molar-refractivity contribution in [2.75, 3.05) is 13.7 Å². The van der Waals surface area contributed by atoms with Gasteiger partial charge in [0.2, 0.25) is 0 Å². The molecular weight excluding hydrogens is 294 g/mol. The maximum Gasteiger partial charge on any atom is 0.258 e. The molecule has 1 amide bonds. The first-order valence-electron chi connectivity index (χ1n) is 7.04. The molecule has 6 heteroatoms. The average molecular weight is 311 g/mol. The van der Waals surface area contributed by atoms with E-state index in [1.54, 1.807) is 30.6 Å². The molecule has 0 aliphatic carbocycles. The number of pyridine rings is 1. The molecule has 1 heterocycles. The monoisotopic (exact) mass is 311 g/mol. The number of nitrogens with zero attached hydrogens (tertiary/aromatic N) is 2. The third-order valence-corrected chi connectivity index (χ3v) is 3.21. The number of hydrogen-bond donors (Lipinski definition) is 1. The molecule has 0 saturated carbocycles. The fraction of sp³-hybridized carbons (Fsp3) is 0.235. The van der Waals surface area contributed by atoms with Crippen LogP contribution < -0.4 is 14.8 Å². The molecule has 0 saturated heterocycles. The Morgan fingerprint density at radius 1 is 1.39 bits per heavy atom. The Morgan fingerprint density at radius 3 is 2.87 bits per heavy atom. The summed E-state index contributed by atoms with van der Waals surface area (Å²) in [6.07, 6.45) is 3.38. The zero-order valence-electron chi connectivity index (χ0n) is 12.9. The van der Waals surface area contributed by atoms with Gasteiger partial charge in [0.05, 0.1) is 24.8 Å². The first-order chi connectivity index (χ1) is 11.1. The molecule has 118 valence electrons. The van der Waals surface area contributed by atoms with Crippen molar-refractivity contribution in [2.24, 2.45) is 0 Å². The number of ether oxygens (including phenoxy) is 2. The molecule has 2 aromatic rings. The van der Waals surface area contributed by atoms with E-state index in [9.17, 15) is 4.79 Å². The number of nitrogens with one attached hydrogen (secondary N) is 1. The lowest BCUT2D eigenvalue weighted by Gasteiger charge is -2.15. The first-order valence-corrected chi connectivity index (χ1v) is 7.04. The van der Waals surface area contributed by atoms with E-state index >= 15 is 0 Å². The molecule has 0 radical (unpaired) electrons. The highest BCUT2D eigenvalue weighted by atomic mass is 16.5. The minimum atomic E-state index is -0.257. The molecule has 1 aromatic heterocycles. The first kappa shape index (κ1) is 16.3. The summed E-state index contributed by atoms with van der Waals surface area (Å²) in [5.74, 6) is 0.570. The second kappa shape index (κ2) is 7.80. The van der Waals surface area contributed by atoms with E-state index < -0.39 is 0 Å². The summed E-state index contributed by atoms with van der Waals surface area (Å²) in [4.78, 5) is 16.0. The lowest BCUT2D eigenvalue weighted by atomic mass is 10.1. The highest BCUT2D eigenvalue weighted by Crippen LogP contribution is 2.27. The number of aromatic nitrogens is 1. The number of methoxy groups -OCH3 is 1. The third kappa shape index (κ3) is 4.45. The zero-order chi connectivity index (χ0) is 16.7. The highest BCUT2D eigenvalue weighted by Gasteiger charge is 2.12. The van der Waals surface area contributed by atoms with Crippen LogP contribution in [0.3, 0.4) is 0 Å². The Kier molecular flexibility index (Phi) is 5.53.